The number of carbonyl (C=O) groups excluding carboxylic acids is 1. The summed E-state index contributed by atoms with van der Waals surface area (Å²) in [6.45, 7) is 6.52. The molecule has 4 rings (SSSR count). The monoisotopic (exact) mass is 344 g/mol. The van der Waals surface area contributed by atoms with E-state index in [-0.39, 0.29) is 13.9 Å². The fraction of sp³-hybridized carbons (Fsp3) is 0.526. The number of ether oxygens (including phenoxy) is 1. The van der Waals surface area contributed by atoms with Crippen molar-refractivity contribution in [3.05, 3.63) is 30.0 Å². The van der Waals surface area contributed by atoms with Gasteiger partial charge in [-0.3, -0.25) is 9.69 Å². The van der Waals surface area contributed by atoms with Crippen molar-refractivity contribution in [3.8, 4) is 0 Å². The highest BCUT2D eigenvalue weighted by molar-refractivity contribution is 7.67. The number of hydrogen-bond donors (Lipinski definition) is 1. The molecule has 2 aromatic rings. The van der Waals surface area contributed by atoms with Gasteiger partial charge in [0.15, 0.2) is 0 Å². The number of rotatable bonds is 4. The third kappa shape index (κ3) is 2.76. The maximum absolute atomic E-state index is 11.2. The van der Waals surface area contributed by atoms with Gasteiger partial charge in [0.1, 0.15) is 0 Å². The van der Waals surface area contributed by atoms with Crippen LogP contribution in [0.5, 0.6) is 0 Å². The van der Waals surface area contributed by atoms with Crippen molar-refractivity contribution in [1.82, 2.24) is 9.88 Å². The van der Waals surface area contributed by atoms with Crippen molar-refractivity contribution in [1.29, 1.82) is 0 Å². The first-order chi connectivity index (χ1) is 11.7. The minimum Gasteiger partial charge on any atom is -0.466 e. The molecular formula is C19H25N2O2P. The van der Waals surface area contributed by atoms with E-state index in [2.05, 4.69) is 41.2 Å². The molecule has 0 aliphatic carbocycles. The molecule has 1 aromatic carbocycles. The van der Waals surface area contributed by atoms with E-state index in [1.54, 1.807) is 5.30 Å². The van der Waals surface area contributed by atoms with Gasteiger partial charge in [0, 0.05) is 42.3 Å². The van der Waals surface area contributed by atoms with Crippen molar-refractivity contribution in [2.75, 3.05) is 25.9 Å². The molecule has 3 atom stereocenters. The van der Waals surface area contributed by atoms with E-state index in [1.807, 2.05) is 0 Å². The SMILES string of the molecule is CCCN1CC(COC(C)=O)CP2c3cccc4[nH]cc(c34)C[C@@H]12. The summed E-state index contributed by atoms with van der Waals surface area (Å²) in [6.07, 6.45) is 5.71. The summed E-state index contributed by atoms with van der Waals surface area (Å²) in [7, 11) is -0.232. The Morgan fingerprint density at radius 1 is 1.46 bits per heavy atom. The second-order valence-corrected chi connectivity index (χ2v) is 9.40. The predicted octanol–water partition coefficient (Wildman–Crippen LogP) is 3.06. The van der Waals surface area contributed by atoms with Crippen LogP contribution >= 0.6 is 7.92 Å². The van der Waals surface area contributed by atoms with Crippen LogP contribution in [0.15, 0.2) is 24.4 Å². The Labute approximate surface area is 144 Å². The minimum atomic E-state index is -0.232. The van der Waals surface area contributed by atoms with E-state index in [4.69, 9.17) is 4.74 Å². The molecule has 1 fully saturated rings. The van der Waals surface area contributed by atoms with Gasteiger partial charge < -0.3 is 9.72 Å². The molecule has 128 valence electrons. The molecular weight excluding hydrogens is 319 g/mol. The number of aromatic nitrogens is 1. The first-order valence-electron chi connectivity index (χ1n) is 8.90. The lowest BCUT2D eigenvalue weighted by atomic mass is 10.1. The standard InChI is InChI=1S/C19H25N2O2P/c1-3-7-21-10-14(11-23-13(2)22)12-24-17-6-4-5-16-19(17)15(9-20-16)8-18(21)24/h4-6,9,14,18,20H,3,7-8,10-12H2,1-2H3/t14?,18-,24?/m0/s1. The molecule has 1 aromatic heterocycles. The Kier molecular flexibility index (Phi) is 4.36. The highest BCUT2D eigenvalue weighted by Gasteiger charge is 2.40. The van der Waals surface area contributed by atoms with Gasteiger partial charge in [0.2, 0.25) is 0 Å². The molecule has 4 nitrogen and oxygen atoms in total. The molecule has 3 heterocycles. The highest BCUT2D eigenvalue weighted by Crippen LogP contribution is 2.53. The molecule has 0 saturated carbocycles. The zero-order valence-electron chi connectivity index (χ0n) is 14.4. The number of hydrogen-bond acceptors (Lipinski definition) is 3. The minimum absolute atomic E-state index is 0.161. The average molecular weight is 344 g/mol. The van der Waals surface area contributed by atoms with E-state index >= 15 is 0 Å². The Hall–Kier alpha value is -1.38. The van der Waals surface area contributed by atoms with Gasteiger partial charge in [-0.15, -0.1) is 0 Å². The van der Waals surface area contributed by atoms with Crippen LogP contribution in [-0.4, -0.2) is 47.5 Å². The maximum Gasteiger partial charge on any atom is 0.302 e. The third-order valence-electron chi connectivity index (χ3n) is 5.24. The number of esters is 1. The van der Waals surface area contributed by atoms with Crippen molar-refractivity contribution in [3.63, 3.8) is 0 Å². The highest BCUT2D eigenvalue weighted by atomic mass is 31.1. The molecule has 2 aliphatic heterocycles. The lowest BCUT2D eigenvalue weighted by molar-refractivity contribution is -0.142. The Bertz CT molecular complexity index is 757. The fourth-order valence-electron chi connectivity index (χ4n) is 4.31. The van der Waals surface area contributed by atoms with E-state index in [9.17, 15) is 4.79 Å². The van der Waals surface area contributed by atoms with Gasteiger partial charge in [-0.1, -0.05) is 27.0 Å². The Balaban J connectivity index is 1.68. The first-order valence-corrected chi connectivity index (χ1v) is 10.5. The van der Waals surface area contributed by atoms with Crippen LogP contribution in [0.25, 0.3) is 10.9 Å². The molecule has 1 saturated heterocycles. The van der Waals surface area contributed by atoms with Crippen molar-refractivity contribution >= 4 is 30.1 Å². The van der Waals surface area contributed by atoms with Crippen molar-refractivity contribution < 1.29 is 9.53 Å². The van der Waals surface area contributed by atoms with E-state index < -0.39 is 0 Å². The Morgan fingerprint density at radius 2 is 2.33 bits per heavy atom. The molecule has 2 aliphatic rings. The summed E-state index contributed by atoms with van der Waals surface area (Å²) < 4.78 is 5.35. The summed E-state index contributed by atoms with van der Waals surface area (Å²) in [5.74, 6) is 0.937. The zero-order valence-corrected chi connectivity index (χ0v) is 15.3. The van der Waals surface area contributed by atoms with Crippen LogP contribution in [0.3, 0.4) is 0 Å². The summed E-state index contributed by atoms with van der Waals surface area (Å²) >= 11 is 0. The van der Waals surface area contributed by atoms with E-state index in [1.165, 1.54) is 36.0 Å². The van der Waals surface area contributed by atoms with Crippen molar-refractivity contribution in [2.45, 2.75) is 32.5 Å². The molecule has 5 heteroatoms. The smallest absolute Gasteiger partial charge is 0.302 e. The molecule has 0 spiro atoms. The normalized spacial score (nSPS) is 26.3. The molecule has 0 radical (unpaired) electrons. The average Bonchev–Trinajstić information content (AvgIpc) is 2.99. The molecule has 2 unspecified atom stereocenters. The van der Waals surface area contributed by atoms with Gasteiger partial charge in [-0.05, 0) is 42.5 Å². The number of fused-ring (bicyclic) bond motifs is 2. The van der Waals surface area contributed by atoms with Crippen LogP contribution in [0, 0.1) is 5.92 Å². The van der Waals surface area contributed by atoms with Crippen LogP contribution in [0.4, 0.5) is 0 Å². The summed E-state index contributed by atoms with van der Waals surface area (Å²) in [5, 5.41) is 3.01. The van der Waals surface area contributed by atoms with Gasteiger partial charge in [-0.2, -0.15) is 0 Å². The van der Waals surface area contributed by atoms with Gasteiger partial charge >= 0.3 is 5.97 Å². The lowest BCUT2D eigenvalue weighted by Crippen LogP contribution is -2.49. The van der Waals surface area contributed by atoms with Gasteiger partial charge in [0.05, 0.1) is 6.61 Å². The van der Waals surface area contributed by atoms with E-state index in [0.717, 1.165) is 19.5 Å². The number of nitrogens with one attached hydrogen (secondary N) is 1. The predicted molar refractivity (Wildman–Crippen MR) is 99.2 cm³/mol. The lowest BCUT2D eigenvalue weighted by Gasteiger charge is -2.47. The number of carbonyl (C=O) groups is 1. The van der Waals surface area contributed by atoms with Crippen molar-refractivity contribution in [2.24, 2.45) is 5.92 Å². The molecule has 0 amide bonds. The van der Waals surface area contributed by atoms with Crippen LogP contribution < -0.4 is 5.30 Å². The number of H-pyrrole nitrogens is 1. The number of nitrogens with zero attached hydrogens (tertiary/aromatic N) is 1. The van der Waals surface area contributed by atoms with Crippen LogP contribution in [-0.2, 0) is 16.0 Å². The maximum atomic E-state index is 11.2. The summed E-state index contributed by atoms with van der Waals surface area (Å²) in [6, 6.07) is 6.69. The largest absolute Gasteiger partial charge is 0.466 e. The number of aromatic amines is 1. The van der Waals surface area contributed by atoms with Gasteiger partial charge in [0.25, 0.3) is 0 Å². The third-order valence-corrected chi connectivity index (χ3v) is 8.37. The fourth-order valence-corrected chi connectivity index (χ4v) is 7.69. The second kappa shape index (κ2) is 6.50. The second-order valence-electron chi connectivity index (χ2n) is 7.01. The molecule has 0 bridgehead atoms. The van der Waals surface area contributed by atoms with E-state index in [0.29, 0.717) is 18.3 Å². The topological polar surface area (TPSA) is 45.3 Å². The molecule has 24 heavy (non-hydrogen) atoms. The quantitative estimate of drug-likeness (QED) is 0.685. The van der Waals surface area contributed by atoms with Gasteiger partial charge in [-0.25, -0.2) is 0 Å². The summed E-state index contributed by atoms with van der Waals surface area (Å²) in [5.41, 5.74) is 2.75. The zero-order chi connectivity index (χ0) is 16.7. The summed E-state index contributed by atoms with van der Waals surface area (Å²) in [4.78, 5) is 17.3. The van der Waals surface area contributed by atoms with Crippen LogP contribution in [0.1, 0.15) is 25.8 Å². The molecule has 1 N–H and O–H groups in total. The van der Waals surface area contributed by atoms with Crippen LogP contribution in [0.2, 0.25) is 0 Å². The number of benzene rings is 1. The first kappa shape index (κ1) is 16.1. The Morgan fingerprint density at radius 3 is 3.12 bits per heavy atom.